The van der Waals surface area contributed by atoms with E-state index >= 15 is 0 Å². The highest BCUT2D eigenvalue weighted by molar-refractivity contribution is 5.94. The van der Waals surface area contributed by atoms with Crippen LogP contribution in [0.2, 0.25) is 0 Å². The third-order valence-corrected chi connectivity index (χ3v) is 3.31. The summed E-state index contributed by atoms with van der Waals surface area (Å²) in [5.41, 5.74) is 2.12. The molecule has 1 heterocycles. The fraction of sp³-hybridized carbons (Fsp3) is 0.167. The first-order valence-electron chi connectivity index (χ1n) is 7.26. The van der Waals surface area contributed by atoms with Crippen LogP contribution in [0.4, 0.5) is 5.82 Å². The van der Waals surface area contributed by atoms with Gasteiger partial charge in [-0.2, -0.15) is 5.26 Å². The minimum Gasteiger partial charge on any atom is -0.364 e. The Morgan fingerprint density at radius 2 is 2.26 bits per heavy atom. The summed E-state index contributed by atoms with van der Waals surface area (Å²) in [6, 6.07) is 13.0. The number of hydrogen-bond acceptors (Lipinski definition) is 4. The quantitative estimate of drug-likeness (QED) is 0.804. The molecule has 0 spiro atoms. The summed E-state index contributed by atoms with van der Waals surface area (Å²) in [5.74, 6) is 0.485. The summed E-state index contributed by atoms with van der Waals surface area (Å²) in [6.07, 6.45) is 3.15. The molecule has 0 aliphatic rings. The van der Waals surface area contributed by atoms with Crippen molar-refractivity contribution in [3.05, 3.63) is 71.9 Å². The molecular formula is C18H18N4O. The van der Waals surface area contributed by atoms with Gasteiger partial charge in [0.1, 0.15) is 5.82 Å². The van der Waals surface area contributed by atoms with E-state index in [0.717, 1.165) is 5.56 Å². The second-order valence-electron chi connectivity index (χ2n) is 5.03. The highest BCUT2D eigenvalue weighted by atomic mass is 16.1. The Bertz CT molecular complexity index is 731. The van der Waals surface area contributed by atoms with Gasteiger partial charge in [-0.1, -0.05) is 18.2 Å². The average molecular weight is 306 g/mol. The molecule has 1 aromatic carbocycles. The lowest BCUT2D eigenvalue weighted by atomic mass is 10.1. The summed E-state index contributed by atoms with van der Waals surface area (Å²) in [7, 11) is 0. The van der Waals surface area contributed by atoms with Gasteiger partial charge in [-0.25, -0.2) is 4.98 Å². The predicted octanol–water partition coefficient (Wildman–Crippen LogP) is 3.04. The summed E-state index contributed by atoms with van der Waals surface area (Å²) in [4.78, 5) is 16.0. The number of hydrogen-bond donors (Lipinski definition) is 2. The summed E-state index contributed by atoms with van der Waals surface area (Å²) < 4.78 is 0. The molecular weight excluding hydrogens is 288 g/mol. The Balaban J connectivity index is 2.04. The van der Waals surface area contributed by atoms with Gasteiger partial charge >= 0.3 is 0 Å². The number of rotatable bonds is 6. The van der Waals surface area contributed by atoms with Crippen LogP contribution in [0.25, 0.3) is 0 Å². The molecule has 5 nitrogen and oxygen atoms in total. The van der Waals surface area contributed by atoms with Crippen molar-refractivity contribution in [3.8, 4) is 6.07 Å². The standard InChI is InChI=1S/C18H18N4O/c1-3-9-20-18(23)16-7-8-17(21-12-16)22-13(2)15-6-4-5-14(10-15)11-19/h3-8,10,12-13H,1,9H2,2H3,(H,20,23)(H,21,22). The smallest absolute Gasteiger partial charge is 0.253 e. The van der Waals surface area contributed by atoms with Crippen LogP contribution in [0.1, 0.15) is 34.5 Å². The van der Waals surface area contributed by atoms with Gasteiger partial charge in [0.05, 0.1) is 17.2 Å². The summed E-state index contributed by atoms with van der Waals surface area (Å²) in [5, 5.41) is 14.9. The number of anilines is 1. The van der Waals surface area contributed by atoms with E-state index in [2.05, 4.69) is 28.3 Å². The molecule has 0 aliphatic carbocycles. The average Bonchev–Trinajstić information content (AvgIpc) is 2.60. The Hall–Kier alpha value is -3.13. The van der Waals surface area contributed by atoms with Gasteiger partial charge in [0.2, 0.25) is 0 Å². The van der Waals surface area contributed by atoms with Gasteiger partial charge in [-0.15, -0.1) is 6.58 Å². The number of nitrogens with one attached hydrogen (secondary N) is 2. The van der Waals surface area contributed by atoms with Crippen molar-refractivity contribution < 1.29 is 4.79 Å². The molecule has 1 aromatic heterocycles. The summed E-state index contributed by atoms with van der Waals surface area (Å²) in [6.45, 7) is 5.96. The van der Waals surface area contributed by atoms with Gasteiger partial charge in [0, 0.05) is 18.8 Å². The van der Waals surface area contributed by atoms with Crippen LogP contribution in [-0.4, -0.2) is 17.4 Å². The van der Waals surface area contributed by atoms with Gasteiger partial charge in [0.15, 0.2) is 0 Å². The third kappa shape index (κ3) is 4.42. The number of nitrogens with zero attached hydrogens (tertiary/aromatic N) is 2. The van der Waals surface area contributed by atoms with E-state index in [1.54, 1.807) is 24.3 Å². The number of carbonyl (C=O) groups excluding carboxylic acids is 1. The van der Waals surface area contributed by atoms with Crippen molar-refractivity contribution >= 4 is 11.7 Å². The molecule has 0 bridgehead atoms. The number of aromatic nitrogens is 1. The molecule has 2 aromatic rings. The molecule has 116 valence electrons. The normalized spacial score (nSPS) is 11.1. The van der Waals surface area contributed by atoms with Crippen molar-refractivity contribution in [2.45, 2.75) is 13.0 Å². The second kappa shape index (κ2) is 7.76. The molecule has 1 unspecified atom stereocenters. The number of amides is 1. The third-order valence-electron chi connectivity index (χ3n) is 3.31. The maximum Gasteiger partial charge on any atom is 0.253 e. The monoisotopic (exact) mass is 306 g/mol. The molecule has 0 aliphatic heterocycles. The van der Waals surface area contributed by atoms with E-state index in [4.69, 9.17) is 5.26 Å². The minimum atomic E-state index is -0.182. The van der Waals surface area contributed by atoms with E-state index in [1.165, 1.54) is 6.20 Å². The molecule has 0 radical (unpaired) electrons. The Morgan fingerprint density at radius 1 is 1.43 bits per heavy atom. The molecule has 5 heteroatoms. The Kier molecular flexibility index (Phi) is 5.48. The first kappa shape index (κ1) is 16.2. The largest absolute Gasteiger partial charge is 0.364 e. The predicted molar refractivity (Wildman–Crippen MR) is 90.0 cm³/mol. The van der Waals surface area contributed by atoms with E-state index in [0.29, 0.717) is 23.5 Å². The highest BCUT2D eigenvalue weighted by Gasteiger charge is 2.08. The van der Waals surface area contributed by atoms with Gasteiger partial charge in [-0.05, 0) is 36.8 Å². The fourth-order valence-corrected chi connectivity index (χ4v) is 2.06. The SMILES string of the molecule is C=CCNC(=O)c1ccc(NC(C)c2cccc(C#N)c2)nc1. The highest BCUT2D eigenvalue weighted by Crippen LogP contribution is 2.18. The van der Waals surface area contributed by atoms with Crippen LogP contribution >= 0.6 is 0 Å². The van der Waals surface area contributed by atoms with Gasteiger partial charge < -0.3 is 10.6 Å². The van der Waals surface area contributed by atoms with Gasteiger partial charge in [-0.3, -0.25) is 4.79 Å². The molecule has 0 saturated heterocycles. The van der Waals surface area contributed by atoms with Crippen LogP contribution in [0.15, 0.2) is 55.3 Å². The van der Waals surface area contributed by atoms with E-state index in [-0.39, 0.29) is 11.9 Å². The molecule has 0 saturated carbocycles. The fourth-order valence-electron chi connectivity index (χ4n) is 2.06. The van der Waals surface area contributed by atoms with Crippen molar-refractivity contribution in [3.63, 3.8) is 0 Å². The minimum absolute atomic E-state index is 0.00348. The molecule has 1 amide bonds. The maximum atomic E-state index is 11.8. The van der Waals surface area contributed by atoms with Crippen molar-refractivity contribution in [1.82, 2.24) is 10.3 Å². The second-order valence-corrected chi connectivity index (χ2v) is 5.03. The molecule has 2 rings (SSSR count). The zero-order valence-corrected chi connectivity index (χ0v) is 12.9. The van der Waals surface area contributed by atoms with Crippen LogP contribution in [0.3, 0.4) is 0 Å². The first-order chi connectivity index (χ1) is 11.1. The van der Waals surface area contributed by atoms with Crippen molar-refractivity contribution in [1.29, 1.82) is 5.26 Å². The van der Waals surface area contributed by atoms with Crippen molar-refractivity contribution in [2.75, 3.05) is 11.9 Å². The number of benzene rings is 1. The lowest BCUT2D eigenvalue weighted by molar-refractivity contribution is 0.0957. The first-order valence-corrected chi connectivity index (χ1v) is 7.26. The van der Waals surface area contributed by atoms with E-state index in [9.17, 15) is 4.79 Å². The lowest BCUT2D eigenvalue weighted by Gasteiger charge is -2.15. The molecule has 2 N–H and O–H groups in total. The zero-order chi connectivity index (χ0) is 16.7. The van der Waals surface area contributed by atoms with Crippen LogP contribution < -0.4 is 10.6 Å². The van der Waals surface area contributed by atoms with Crippen LogP contribution in [0, 0.1) is 11.3 Å². The van der Waals surface area contributed by atoms with Crippen LogP contribution in [-0.2, 0) is 0 Å². The topological polar surface area (TPSA) is 77.8 Å². The van der Waals surface area contributed by atoms with E-state index in [1.807, 2.05) is 25.1 Å². The number of nitriles is 1. The summed E-state index contributed by atoms with van der Waals surface area (Å²) >= 11 is 0. The molecule has 1 atom stereocenters. The molecule has 23 heavy (non-hydrogen) atoms. The number of pyridine rings is 1. The lowest BCUT2D eigenvalue weighted by Crippen LogP contribution is -2.23. The van der Waals surface area contributed by atoms with Crippen LogP contribution in [0.5, 0.6) is 0 Å². The molecule has 0 fully saturated rings. The van der Waals surface area contributed by atoms with Crippen molar-refractivity contribution in [2.24, 2.45) is 0 Å². The zero-order valence-electron chi connectivity index (χ0n) is 12.9. The van der Waals surface area contributed by atoms with E-state index < -0.39 is 0 Å². The maximum absolute atomic E-state index is 11.8. The number of carbonyl (C=O) groups is 1. The Morgan fingerprint density at radius 3 is 2.91 bits per heavy atom. The van der Waals surface area contributed by atoms with Gasteiger partial charge in [0.25, 0.3) is 5.91 Å². The Labute approximate surface area is 135 Å².